The van der Waals surface area contributed by atoms with Crippen LogP contribution in [0.25, 0.3) is 11.2 Å². The molecule has 0 spiro atoms. The molecule has 2 aromatic rings. The first kappa shape index (κ1) is 10.9. The lowest BCUT2D eigenvalue weighted by atomic mass is 10.5. The Morgan fingerprint density at radius 1 is 1.25 bits per heavy atom. The number of hydrogen-bond acceptors (Lipinski definition) is 4. The zero-order valence-corrected chi connectivity index (χ0v) is 9.94. The summed E-state index contributed by atoms with van der Waals surface area (Å²) in [6, 6.07) is 0.593. The monoisotopic (exact) mass is 219 g/mol. The summed E-state index contributed by atoms with van der Waals surface area (Å²) in [4.78, 5) is 12.7. The van der Waals surface area contributed by atoms with Gasteiger partial charge in [0.25, 0.3) is 0 Å². The number of anilines is 1. The number of aromatic nitrogens is 4. The molecule has 86 valence electrons. The Balaban J connectivity index is 0.000000457. The molecule has 0 aliphatic heterocycles. The summed E-state index contributed by atoms with van der Waals surface area (Å²) in [5.74, 6) is 0.859. The maximum Gasteiger partial charge on any atom is 0.165 e. The highest BCUT2D eigenvalue weighted by Crippen LogP contribution is 2.26. The van der Waals surface area contributed by atoms with Crippen LogP contribution in [0.4, 0.5) is 5.82 Å². The van der Waals surface area contributed by atoms with Gasteiger partial charge in [-0.2, -0.15) is 0 Å². The van der Waals surface area contributed by atoms with E-state index in [1.54, 1.807) is 12.7 Å². The lowest BCUT2D eigenvalue weighted by Crippen LogP contribution is -2.04. The molecule has 0 bridgehead atoms. The smallest absolute Gasteiger partial charge is 0.165 e. The fourth-order valence-corrected chi connectivity index (χ4v) is 1.47. The van der Waals surface area contributed by atoms with Crippen LogP contribution in [-0.2, 0) is 7.05 Å². The van der Waals surface area contributed by atoms with Gasteiger partial charge in [-0.3, -0.25) is 0 Å². The Hall–Kier alpha value is -1.65. The predicted octanol–water partition coefficient (Wildman–Crippen LogP) is 1.96. The second kappa shape index (κ2) is 4.47. The molecule has 0 atom stereocenters. The van der Waals surface area contributed by atoms with Crippen LogP contribution in [0.1, 0.15) is 26.7 Å². The number of imidazole rings is 1. The maximum atomic E-state index is 4.27. The van der Waals surface area contributed by atoms with Crippen molar-refractivity contribution < 1.29 is 0 Å². The van der Waals surface area contributed by atoms with Gasteiger partial charge in [0, 0.05) is 13.1 Å². The fraction of sp³-hybridized carbons (Fsp3) is 0.545. The third-order valence-corrected chi connectivity index (χ3v) is 2.42. The maximum absolute atomic E-state index is 4.27. The van der Waals surface area contributed by atoms with E-state index in [0.717, 1.165) is 17.0 Å². The van der Waals surface area contributed by atoms with Gasteiger partial charge in [-0.25, -0.2) is 15.0 Å². The molecule has 16 heavy (non-hydrogen) atoms. The van der Waals surface area contributed by atoms with E-state index >= 15 is 0 Å². The van der Waals surface area contributed by atoms with E-state index in [1.807, 2.05) is 25.5 Å². The molecular weight excluding hydrogens is 202 g/mol. The Morgan fingerprint density at radius 2 is 2.00 bits per heavy atom. The van der Waals surface area contributed by atoms with Crippen LogP contribution in [-0.4, -0.2) is 25.6 Å². The highest BCUT2D eigenvalue weighted by atomic mass is 15.1. The van der Waals surface area contributed by atoms with Crippen molar-refractivity contribution in [1.82, 2.24) is 19.5 Å². The molecule has 1 saturated carbocycles. The molecular formula is C11H17N5. The van der Waals surface area contributed by atoms with Gasteiger partial charge >= 0.3 is 0 Å². The van der Waals surface area contributed by atoms with Gasteiger partial charge in [-0.05, 0) is 12.8 Å². The summed E-state index contributed by atoms with van der Waals surface area (Å²) in [7, 11) is 1.93. The van der Waals surface area contributed by atoms with Crippen molar-refractivity contribution >= 4 is 17.0 Å². The number of nitrogens with zero attached hydrogens (tertiary/aromatic N) is 4. The van der Waals surface area contributed by atoms with Crippen LogP contribution in [0.2, 0.25) is 0 Å². The van der Waals surface area contributed by atoms with Crippen LogP contribution in [0.5, 0.6) is 0 Å². The number of fused-ring (bicyclic) bond motifs is 1. The van der Waals surface area contributed by atoms with E-state index in [4.69, 9.17) is 0 Å². The molecule has 3 rings (SSSR count). The highest BCUT2D eigenvalue weighted by Gasteiger charge is 2.22. The lowest BCUT2D eigenvalue weighted by molar-refractivity contribution is 0.928. The van der Waals surface area contributed by atoms with E-state index in [-0.39, 0.29) is 0 Å². The molecule has 0 amide bonds. The first-order chi connectivity index (χ1) is 7.84. The molecule has 2 aromatic heterocycles. The lowest BCUT2D eigenvalue weighted by Gasteiger charge is -2.02. The van der Waals surface area contributed by atoms with Crippen molar-refractivity contribution in [2.24, 2.45) is 7.05 Å². The Kier molecular flexibility index (Phi) is 3.03. The summed E-state index contributed by atoms with van der Waals surface area (Å²) in [6.07, 6.45) is 5.81. The van der Waals surface area contributed by atoms with Gasteiger partial charge in [0.05, 0.1) is 6.33 Å². The zero-order valence-electron chi connectivity index (χ0n) is 9.94. The number of aryl methyl sites for hydroxylation is 1. The normalized spacial score (nSPS) is 14.4. The van der Waals surface area contributed by atoms with E-state index < -0.39 is 0 Å². The standard InChI is InChI=1S/C9H11N5.C2H6/c1-14-5-12-7-8(13-6-2-3-6)10-4-11-9(7)14;1-2/h4-6H,2-3H2,1H3,(H,10,11,13);1-2H3. The summed E-state index contributed by atoms with van der Waals surface area (Å²) in [5.41, 5.74) is 1.74. The van der Waals surface area contributed by atoms with Crippen LogP contribution >= 0.6 is 0 Å². The summed E-state index contributed by atoms with van der Waals surface area (Å²) >= 11 is 0. The molecule has 2 heterocycles. The van der Waals surface area contributed by atoms with Crippen molar-refractivity contribution in [2.45, 2.75) is 32.7 Å². The third kappa shape index (κ3) is 1.98. The largest absolute Gasteiger partial charge is 0.365 e. The molecule has 5 nitrogen and oxygen atoms in total. The Morgan fingerprint density at radius 3 is 2.69 bits per heavy atom. The Labute approximate surface area is 94.9 Å². The van der Waals surface area contributed by atoms with Crippen molar-refractivity contribution in [2.75, 3.05) is 5.32 Å². The zero-order chi connectivity index (χ0) is 11.5. The van der Waals surface area contributed by atoms with Gasteiger partial charge in [0.1, 0.15) is 11.8 Å². The van der Waals surface area contributed by atoms with Crippen LogP contribution < -0.4 is 5.32 Å². The van der Waals surface area contributed by atoms with Gasteiger partial charge in [-0.1, -0.05) is 13.8 Å². The molecule has 0 saturated heterocycles. The summed E-state index contributed by atoms with van der Waals surface area (Å²) < 4.78 is 1.90. The molecule has 0 radical (unpaired) electrons. The quantitative estimate of drug-likeness (QED) is 0.839. The number of hydrogen-bond donors (Lipinski definition) is 1. The van der Waals surface area contributed by atoms with Gasteiger partial charge in [0.15, 0.2) is 11.5 Å². The molecule has 1 aliphatic carbocycles. The average molecular weight is 219 g/mol. The fourth-order valence-electron chi connectivity index (χ4n) is 1.47. The highest BCUT2D eigenvalue weighted by molar-refractivity contribution is 5.82. The van der Waals surface area contributed by atoms with Gasteiger partial charge in [0.2, 0.25) is 0 Å². The topological polar surface area (TPSA) is 55.6 Å². The second-order valence-corrected chi connectivity index (χ2v) is 3.67. The van der Waals surface area contributed by atoms with Crippen LogP contribution in [0.3, 0.4) is 0 Å². The van der Waals surface area contributed by atoms with E-state index in [9.17, 15) is 0 Å². The third-order valence-electron chi connectivity index (χ3n) is 2.42. The minimum atomic E-state index is 0.593. The van der Waals surface area contributed by atoms with Crippen molar-refractivity contribution in [3.63, 3.8) is 0 Å². The number of nitrogens with one attached hydrogen (secondary N) is 1. The molecule has 1 aliphatic rings. The van der Waals surface area contributed by atoms with E-state index in [1.165, 1.54) is 12.8 Å². The van der Waals surface area contributed by atoms with Crippen molar-refractivity contribution in [3.8, 4) is 0 Å². The summed E-state index contributed by atoms with van der Waals surface area (Å²) in [6.45, 7) is 4.00. The van der Waals surface area contributed by atoms with Crippen molar-refractivity contribution in [1.29, 1.82) is 0 Å². The molecule has 1 fully saturated rings. The second-order valence-electron chi connectivity index (χ2n) is 3.67. The summed E-state index contributed by atoms with van der Waals surface area (Å²) in [5, 5.41) is 3.35. The van der Waals surface area contributed by atoms with Crippen LogP contribution in [0.15, 0.2) is 12.7 Å². The van der Waals surface area contributed by atoms with Crippen molar-refractivity contribution in [3.05, 3.63) is 12.7 Å². The molecule has 0 aromatic carbocycles. The van der Waals surface area contributed by atoms with Gasteiger partial charge < -0.3 is 9.88 Å². The predicted molar refractivity (Wildman–Crippen MR) is 64.3 cm³/mol. The first-order valence-electron chi connectivity index (χ1n) is 5.73. The minimum Gasteiger partial charge on any atom is -0.365 e. The molecule has 5 heteroatoms. The molecule has 0 unspecified atom stereocenters. The van der Waals surface area contributed by atoms with E-state index in [0.29, 0.717) is 6.04 Å². The number of rotatable bonds is 2. The first-order valence-corrected chi connectivity index (χ1v) is 5.73. The SMILES string of the molecule is CC.Cn1cnc2c(NC3CC3)ncnc21. The average Bonchev–Trinajstić information content (AvgIpc) is 3.06. The molecule has 1 N–H and O–H groups in total. The van der Waals surface area contributed by atoms with Crippen LogP contribution in [0, 0.1) is 0 Å². The van der Waals surface area contributed by atoms with E-state index in [2.05, 4.69) is 20.3 Å². The van der Waals surface area contributed by atoms with Gasteiger partial charge in [-0.15, -0.1) is 0 Å². The minimum absolute atomic E-state index is 0.593. The Bertz CT molecular complexity index is 472.